The van der Waals surface area contributed by atoms with Crippen LogP contribution in [-0.4, -0.2) is 29.5 Å². The standard InChI is InChI=1S/C12H27N.CH2O3/c1-3-5-7-9-11-13-12-10-8-6-4-2;2-1(3)4/h13H,3-12H2,1-2H3;(H2,2,3,4). The number of rotatable bonds is 10. The normalized spacial score (nSPS) is 9.53. The first-order valence-corrected chi connectivity index (χ1v) is 6.77. The molecule has 0 unspecified atom stereocenters. The van der Waals surface area contributed by atoms with Crippen LogP contribution in [0, 0.1) is 0 Å². The van der Waals surface area contributed by atoms with Crippen molar-refractivity contribution >= 4 is 6.16 Å². The van der Waals surface area contributed by atoms with Gasteiger partial charge in [0.25, 0.3) is 0 Å². The van der Waals surface area contributed by atoms with Gasteiger partial charge in [-0.1, -0.05) is 52.4 Å². The van der Waals surface area contributed by atoms with Gasteiger partial charge in [-0.05, 0) is 25.9 Å². The van der Waals surface area contributed by atoms with Crippen LogP contribution in [0.4, 0.5) is 4.79 Å². The van der Waals surface area contributed by atoms with E-state index in [4.69, 9.17) is 15.0 Å². The molecule has 0 saturated carbocycles. The van der Waals surface area contributed by atoms with E-state index in [2.05, 4.69) is 19.2 Å². The van der Waals surface area contributed by atoms with Gasteiger partial charge in [0.05, 0.1) is 0 Å². The van der Waals surface area contributed by atoms with Crippen molar-refractivity contribution in [1.29, 1.82) is 0 Å². The van der Waals surface area contributed by atoms with Crippen LogP contribution in [0.2, 0.25) is 0 Å². The predicted octanol–water partition coefficient (Wildman–Crippen LogP) is 3.96. The van der Waals surface area contributed by atoms with Crippen LogP contribution >= 0.6 is 0 Å². The summed E-state index contributed by atoms with van der Waals surface area (Å²) in [6.07, 6.45) is 9.18. The van der Waals surface area contributed by atoms with E-state index in [-0.39, 0.29) is 0 Å². The maximum Gasteiger partial charge on any atom is 0.503 e. The Bertz CT molecular complexity index is 138. The van der Waals surface area contributed by atoms with Gasteiger partial charge in [-0.3, -0.25) is 0 Å². The Morgan fingerprint density at radius 1 is 0.824 bits per heavy atom. The topological polar surface area (TPSA) is 69.6 Å². The van der Waals surface area contributed by atoms with Gasteiger partial charge >= 0.3 is 6.16 Å². The molecular formula is C13H29NO3. The average molecular weight is 247 g/mol. The van der Waals surface area contributed by atoms with E-state index in [9.17, 15) is 0 Å². The van der Waals surface area contributed by atoms with Crippen molar-refractivity contribution < 1.29 is 15.0 Å². The zero-order valence-corrected chi connectivity index (χ0v) is 11.4. The lowest BCUT2D eigenvalue weighted by Gasteiger charge is -2.03. The summed E-state index contributed by atoms with van der Waals surface area (Å²) in [7, 11) is 0. The van der Waals surface area contributed by atoms with Crippen molar-refractivity contribution in [3.05, 3.63) is 0 Å². The summed E-state index contributed by atoms with van der Waals surface area (Å²) >= 11 is 0. The monoisotopic (exact) mass is 247 g/mol. The predicted molar refractivity (Wildman–Crippen MR) is 71.8 cm³/mol. The van der Waals surface area contributed by atoms with Gasteiger partial charge in [0.15, 0.2) is 0 Å². The molecule has 0 atom stereocenters. The molecule has 0 rings (SSSR count). The fourth-order valence-electron chi connectivity index (χ4n) is 1.48. The van der Waals surface area contributed by atoms with Crippen LogP contribution in [-0.2, 0) is 0 Å². The largest absolute Gasteiger partial charge is 0.503 e. The van der Waals surface area contributed by atoms with E-state index < -0.39 is 6.16 Å². The van der Waals surface area contributed by atoms with Crippen LogP contribution in [0.3, 0.4) is 0 Å². The van der Waals surface area contributed by atoms with E-state index in [0.717, 1.165) is 0 Å². The molecule has 0 bridgehead atoms. The highest BCUT2D eigenvalue weighted by molar-refractivity contribution is 5.53. The molecule has 4 nitrogen and oxygen atoms in total. The summed E-state index contributed by atoms with van der Waals surface area (Å²) in [6.45, 7) is 6.98. The highest BCUT2D eigenvalue weighted by atomic mass is 16.6. The van der Waals surface area contributed by atoms with Gasteiger partial charge in [-0.15, -0.1) is 0 Å². The molecule has 0 aliphatic rings. The Morgan fingerprint density at radius 3 is 1.47 bits per heavy atom. The highest BCUT2D eigenvalue weighted by Gasteiger charge is 1.89. The van der Waals surface area contributed by atoms with Crippen molar-refractivity contribution in [2.45, 2.75) is 65.2 Å². The molecule has 0 aliphatic heterocycles. The maximum atomic E-state index is 8.56. The quantitative estimate of drug-likeness (QED) is 0.511. The SMILES string of the molecule is CCCCCCNCCCCCC.O=C(O)O. The smallest absolute Gasteiger partial charge is 0.450 e. The van der Waals surface area contributed by atoms with Crippen molar-refractivity contribution in [3.8, 4) is 0 Å². The summed E-state index contributed by atoms with van der Waals surface area (Å²) in [5, 5.41) is 17.4. The Morgan fingerprint density at radius 2 is 1.18 bits per heavy atom. The number of unbranched alkanes of at least 4 members (excludes halogenated alkanes) is 6. The molecule has 0 heterocycles. The van der Waals surface area contributed by atoms with Crippen LogP contribution < -0.4 is 5.32 Å². The molecule has 0 radical (unpaired) electrons. The van der Waals surface area contributed by atoms with Crippen molar-refractivity contribution in [2.24, 2.45) is 0 Å². The number of nitrogens with one attached hydrogen (secondary N) is 1. The van der Waals surface area contributed by atoms with Gasteiger partial charge in [0.2, 0.25) is 0 Å². The van der Waals surface area contributed by atoms with Crippen molar-refractivity contribution in [3.63, 3.8) is 0 Å². The second-order valence-electron chi connectivity index (χ2n) is 4.15. The lowest BCUT2D eigenvalue weighted by atomic mass is 10.2. The lowest BCUT2D eigenvalue weighted by molar-refractivity contribution is 0.137. The molecule has 0 aliphatic carbocycles. The minimum atomic E-state index is -1.83. The Hall–Kier alpha value is -0.770. The molecule has 4 heteroatoms. The zero-order valence-electron chi connectivity index (χ0n) is 11.4. The van der Waals surface area contributed by atoms with Crippen LogP contribution in [0.1, 0.15) is 65.2 Å². The van der Waals surface area contributed by atoms with Crippen LogP contribution in [0.5, 0.6) is 0 Å². The van der Waals surface area contributed by atoms with Gasteiger partial charge < -0.3 is 15.5 Å². The van der Waals surface area contributed by atoms with Crippen molar-refractivity contribution in [1.82, 2.24) is 5.32 Å². The summed E-state index contributed by atoms with van der Waals surface area (Å²) in [4.78, 5) is 8.56. The molecule has 0 saturated heterocycles. The van der Waals surface area contributed by atoms with Crippen molar-refractivity contribution in [2.75, 3.05) is 13.1 Å². The Labute approximate surface area is 105 Å². The zero-order chi connectivity index (χ0) is 13.4. The Balaban J connectivity index is 0. The summed E-state index contributed by atoms with van der Waals surface area (Å²) in [5.74, 6) is 0. The van der Waals surface area contributed by atoms with Gasteiger partial charge in [0, 0.05) is 0 Å². The molecule has 0 spiro atoms. The maximum absolute atomic E-state index is 8.56. The van der Waals surface area contributed by atoms with E-state index in [0.29, 0.717) is 0 Å². The van der Waals surface area contributed by atoms with Gasteiger partial charge in [-0.2, -0.15) is 0 Å². The minimum absolute atomic E-state index is 1.23. The Kier molecular flexibility index (Phi) is 19.3. The second kappa shape index (κ2) is 17.6. The first-order chi connectivity index (χ1) is 8.15. The molecule has 0 fully saturated rings. The number of carbonyl (C=O) groups is 1. The van der Waals surface area contributed by atoms with Crippen LogP contribution in [0.25, 0.3) is 0 Å². The minimum Gasteiger partial charge on any atom is -0.450 e. The molecule has 3 N–H and O–H groups in total. The molecule has 0 aromatic rings. The van der Waals surface area contributed by atoms with E-state index in [1.165, 1.54) is 64.5 Å². The lowest BCUT2D eigenvalue weighted by Crippen LogP contribution is -2.16. The molecule has 0 aromatic heterocycles. The fourth-order valence-corrected chi connectivity index (χ4v) is 1.48. The number of hydrogen-bond donors (Lipinski definition) is 3. The third-order valence-electron chi connectivity index (χ3n) is 2.41. The average Bonchev–Trinajstić information content (AvgIpc) is 2.26. The van der Waals surface area contributed by atoms with Gasteiger partial charge in [0.1, 0.15) is 0 Å². The molecule has 17 heavy (non-hydrogen) atoms. The summed E-state index contributed by atoms with van der Waals surface area (Å²) in [6, 6.07) is 0. The van der Waals surface area contributed by atoms with E-state index >= 15 is 0 Å². The third-order valence-corrected chi connectivity index (χ3v) is 2.41. The molecule has 0 aromatic carbocycles. The number of hydrogen-bond acceptors (Lipinski definition) is 2. The fraction of sp³-hybridized carbons (Fsp3) is 0.923. The van der Waals surface area contributed by atoms with E-state index in [1.54, 1.807) is 0 Å². The number of carboxylic acid groups (broad SMARTS) is 2. The third kappa shape index (κ3) is 31.3. The second-order valence-corrected chi connectivity index (χ2v) is 4.15. The highest BCUT2D eigenvalue weighted by Crippen LogP contribution is 1.98. The molecular weight excluding hydrogens is 218 g/mol. The first-order valence-electron chi connectivity index (χ1n) is 6.77. The summed E-state index contributed by atoms with van der Waals surface area (Å²) in [5.41, 5.74) is 0. The molecule has 0 amide bonds. The van der Waals surface area contributed by atoms with Gasteiger partial charge in [-0.25, -0.2) is 4.79 Å². The van der Waals surface area contributed by atoms with E-state index in [1.807, 2.05) is 0 Å². The van der Waals surface area contributed by atoms with Crippen LogP contribution in [0.15, 0.2) is 0 Å². The molecule has 104 valence electrons. The first kappa shape index (κ1) is 18.6. The summed E-state index contributed by atoms with van der Waals surface area (Å²) < 4.78 is 0.